The van der Waals surface area contributed by atoms with Crippen LogP contribution in [0, 0.1) is 0 Å². The number of benzene rings is 1. The molecule has 4 aromatic rings. The molecule has 0 atom stereocenters. The lowest BCUT2D eigenvalue weighted by Crippen LogP contribution is -2.33. The molecule has 0 N–H and O–H groups in total. The first-order valence-corrected chi connectivity index (χ1v) is 11.8. The molecule has 0 bridgehead atoms. The van der Waals surface area contributed by atoms with Crippen LogP contribution in [0.4, 0.5) is 5.69 Å². The summed E-state index contributed by atoms with van der Waals surface area (Å²) in [5, 5.41) is 4.39. The smallest absolute Gasteiger partial charge is 0.291 e. The van der Waals surface area contributed by atoms with E-state index >= 15 is 0 Å². The van der Waals surface area contributed by atoms with Gasteiger partial charge in [-0.3, -0.25) is 14.6 Å². The number of hydrogen-bond acceptors (Lipinski definition) is 6. The second-order valence-electron chi connectivity index (χ2n) is 7.87. The molecule has 4 heterocycles. The summed E-state index contributed by atoms with van der Waals surface area (Å²) in [5.41, 5.74) is 2.63. The minimum atomic E-state index is -0.305. The number of aromatic nitrogens is 4. The molecule has 32 heavy (non-hydrogen) atoms. The van der Waals surface area contributed by atoms with Gasteiger partial charge in [-0.1, -0.05) is 62.1 Å². The summed E-state index contributed by atoms with van der Waals surface area (Å²) in [6.07, 6.45) is 8.94. The summed E-state index contributed by atoms with van der Waals surface area (Å²) in [4.78, 5) is 37.5. The molecular formula is C24H23N5O2S. The third-order valence-corrected chi connectivity index (χ3v) is 6.76. The van der Waals surface area contributed by atoms with Gasteiger partial charge in [0.25, 0.3) is 11.5 Å². The SMILES string of the molecule is CCCCCCCN1C(=O)/C(=c2\sc3nc(-c4ccncc4)nn3c2=O)c2ccccc21. The van der Waals surface area contributed by atoms with Crippen LogP contribution in [0.25, 0.3) is 21.9 Å². The van der Waals surface area contributed by atoms with Gasteiger partial charge in [0.15, 0.2) is 5.82 Å². The van der Waals surface area contributed by atoms with Crippen molar-refractivity contribution in [2.75, 3.05) is 11.4 Å². The topological polar surface area (TPSA) is 80.5 Å². The highest BCUT2D eigenvalue weighted by Crippen LogP contribution is 2.35. The van der Waals surface area contributed by atoms with Crippen LogP contribution >= 0.6 is 11.3 Å². The Labute approximate surface area is 189 Å². The maximum atomic E-state index is 13.4. The first-order valence-electron chi connectivity index (χ1n) is 10.9. The summed E-state index contributed by atoms with van der Waals surface area (Å²) >= 11 is 1.22. The molecule has 162 valence electrons. The van der Waals surface area contributed by atoms with Gasteiger partial charge in [-0.15, -0.1) is 5.10 Å². The number of nitrogens with zero attached hydrogens (tertiary/aromatic N) is 5. The Balaban J connectivity index is 1.55. The van der Waals surface area contributed by atoms with E-state index in [4.69, 9.17) is 0 Å². The standard InChI is InChI=1S/C24H23N5O2S/c1-2-3-4-5-8-15-28-18-10-7-6-9-17(18)19(22(28)30)20-23(31)29-24(32-20)26-21(27-29)16-11-13-25-14-12-16/h6-7,9-14H,2-5,8,15H2,1H3/b20-19-. The van der Waals surface area contributed by atoms with Crippen molar-refractivity contribution < 1.29 is 4.79 Å². The van der Waals surface area contributed by atoms with Crippen molar-refractivity contribution in [2.45, 2.75) is 39.0 Å². The van der Waals surface area contributed by atoms with Crippen molar-refractivity contribution in [1.82, 2.24) is 19.6 Å². The van der Waals surface area contributed by atoms with Gasteiger partial charge < -0.3 is 4.90 Å². The Morgan fingerprint density at radius 3 is 2.53 bits per heavy atom. The number of carbonyl (C=O) groups excluding carboxylic acids is 1. The van der Waals surface area contributed by atoms with Crippen molar-refractivity contribution >= 4 is 33.5 Å². The van der Waals surface area contributed by atoms with Crippen LogP contribution in [0.5, 0.6) is 0 Å². The van der Waals surface area contributed by atoms with Crippen LogP contribution in [0.15, 0.2) is 53.6 Å². The largest absolute Gasteiger partial charge is 0.308 e. The minimum absolute atomic E-state index is 0.113. The predicted octanol–water partition coefficient (Wildman–Crippen LogP) is 3.45. The van der Waals surface area contributed by atoms with Crippen molar-refractivity contribution in [3.63, 3.8) is 0 Å². The van der Waals surface area contributed by atoms with Crippen LogP contribution in [0.3, 0.4) is 0 Å². The van der Waals surface area contributed by atoms with Crippen LogP contribution in [-0.4, -0.2) is 32.0 Å². The Kier molecular flexibility index (Phi) is 5.53. The van der Waals surface area contributed by atoms with Gasteiger partial charge in [-0.2, -0.15) is 9.50 Å². The van der Waals surface area contributed by atoms with Gasteiger partial charge >= 0.3 is 0 Å². The highest BCUT2D eigenvalue weighted by Gasteiger charge is 2.33. The number of unbranched alkanes of at least 4 members (excludes halogenated alkanes) is 4. The number of hydrogen-bond donors (Lipinski definition) is 0. The Morgan fingerprint density at radius 1 is 0.969 bits per heavy atom. The lowest BCUT2D eigenvalue weighted by molar-refractivity contribution is -0.113. The van der Waals surface area contributed by atoms with Crippen molar-refractivity contribution in [1.29, 1.82) is 0 Å². The first-order chi connectivity index (χ1) is 15.7. The molecule has 0 saturated heterocycles. The summed E-state index contributed by atoms with van der Waals surface area (Å²) in [6.45, 7) is 2.85. The second-order valence-corrected chi connectivity index (χ2v) is 8.84. The summed E-state index contributed by atoms with van der Waals surface area (Å²) in [5.74, 6) is 0.358. The van der Waals surface area contributed by atoms with Crippen LogP contribution < -0.4 is 15.0 Å². The van der Waals surface area contributed by atoms with Crippen LogP contribution in [-0.2, 0) is 4.79 Å². The second kappa shape index (κ2) is 8.63. The zero-order chi connectivity index (χ0) is 22.1. The minimum Gasteiger partial charge on any atom is -0.308 e. The third kappa shape index (κ3) is 3.50. The van der Waals surface area contributed by atoms with E-state index in [1.807, 2.05) is 29.2 Å². The summed E-state index contributed by atoms with van der Waals surface area (Å²) in [7, 11) is 0. The highest BCUT2D eigenvalue weighted by molar-refractivity contribution is 7.15. The average Bonchev–Trinajstić information content (AvgIpc) is 3.45. The molecular weight excluding hydrogens is 422 g/mol. The van der Waals surface area contributed by atoms with Crippen molar-refractivity contribution in [3.05, 3.63) is 69.2 Å². The number of anilines is 1. The van der Waals surface area contributed by atoms with E-state index in [2.05, 4.69) is 22.0 Å². The molecule has 0 spiro atoms. The predicted molar refractivity (Wildman–Crippen MR) is 126 cm³/mol. The quantitative estimate of drug-likeness (QED) is 0.407. The van der Waals surface area contributed by atoms with E-state index in [-0.39, 0.29) is 11.5 Å². The molecule has 5 rings (SSSR count). The van der Waals surface area contributed by atoms with Gasteiger partial charge in [-0.25, -0.2) is 0 Å². The van der Waals surface area contributed by atoms with Crippen LogP contribution in [0.2, 0.25) is 0 Å². The van der Waals surface area contributed by atoms with Crippen molar-refractivity contribution in [3.8, 4) is 11.4 Å². The molecule has 7 nitrogen and oxygen atoms in total. The maximum Gasteiger partial charge on any atom is 0.291 e. The highest BCUT2D eigenvalue weighted by atomic mass is 32.1. The van der Waals surface area contributed by atoms with Gasteiger partial charge in [0.05, 0.1) is 11.3 Å². The van der Waals surface area contributed by atoms with E-state index in [9.17, 15) is 9.59 Å². The van der Waals surface area contributed by atoms with Gasteiger partial charge in [0, 0.05) is 30.1 Å². The number of carbonyl (C=O) groups is 1. The molecule has 0 fully saturated rings. The number of pyridine rings is 1. The molecule has 8 heteroatoms. The molecule has 1 amide bonds. The maximum absolute atomic E-state index is 13.4. The molecule has 0 aliphatic carbocycles. The number of fused-ring (bicyclic) bond motifs is 2. The Morgan fingerprint density at radius 2 is 1.75 bits per heavy atom. The molecule has 0 unspecified atom stereocenters. The molecule has 1 aliphatic rings. The number of rotatable bonds is 7. The van der Waals surface area contributed by atoms with Gasteiger partial charge in [0.2, 0.25) is 4.96 Å². The van der Waals surface area contributed by atoms with E-state index in [1.165, 1.54) is 35.1 Å². The number of amides is 1. The van der Waals surface area contributed by atoms with E-state index in [0.29, 0.717) is 27.4 Å². The lowest BCUT2D eigenvalue weighted by Gasteiger charge is -2.16. The number of thiazole rings is 1. The van der Waals surface area contributed by atoms with E-state index in [1.54, 1.807) is 24.5 Å². The van der Waals surface area contributed by atoms with Crippen LogP contribution in [0.1, 0.15) is 44.6 Å². The Hall–Kier alpha value is -3.39. The van der Waals surface area contributed by atoms with E-state index < -0.39 is 0 Å². The Bertz CT molecular complexity index is 1390. The van der Waals surface area contributed by atoms with Crippen molar-refractivity contribution in [2.24, 2.45) is 0 Å². The van der Waals surface area contributed by atoms with Gasteiger partial charge in [0.1, 0.15) is 4.53 Å². The molecule has 1 aliphatic heterocycles. The fourth-order valence-electron chi connectivity index (χ4n) is 4.10. The molecule has 3 aromatic heterocycles. The normalized spacial score (nSPS) is 15.0. The monoisotopic (exact) mass is 445 g/mol. The fourth-order valence-corrected chi connectivity index (χ4v) is 5.10. The molecule has 0 saturated carbocycles. The van der Waals surface area contributed by atoms with E-state index in [0.717, 1.165) is 29.7 Å². The lowest BCUT2D eigenvalue weighted by atomic mass is 10.1. The van der Waals surface area contributed by atoms with Gasteiger partial charge in [-0.05, 0) is 24.6 Å². The average molecular weight is 446 g/mol. The third-order valence-electron chi connectivity index (χ3n) is 5.73. The fraction of sp³-hybridized carbons (Fsp3) is 0.292. The number of para-hydroxylation sites is 1. The zero-order valence-electron chi connectivity index (χ0n) is 17.8. The molecule has 1 aromatic carbocycles. The first kappa shape index (κ1) is 20.5. The zero-order valence-corrected chi connectivity index (χ0v) is 18.6. The summed E-state index contributed by atoms with van der Waals surface area (Å²) < 4.78 is 1.69. The summed E-state index contributed by atoms with van der Waals surface area (Å²) in [6, 6.07) is 11.3. The molecule has 0 radical (unpaired) electrons.